The third kappa shape index (κ3) is 5.18. The maximum absolute atomic E-state index is 12.3. The van der Waals surface area contributed by atoms with E-state index in [4.69, 9.17) is 4.74 Å². The van der Waals surface area contributed by atoms with E-state index in [-0.39, 0.29) is 35.0 Å². The Balaban J connectivity index is 1.27. The van der Waals surface area contributed by atoms with Gasteiger partial charge in [-0.15, -0.1) is 0 Å². The molecule has 0 saturated heterocycles. The van der Waals surface area contributed by atoms with Crippen molar-refractivity contribution in [3.8, 4) is 5.75 Å². The van der Waals surface area contributed by atoms with Crippen molar-refractivity contribution in [2.75, 3.05) is 0 Å². The van der Waals surface area contributed by atoms with E-state index in [1.165, 1.54) is 25.7 Å². The Labute approximate surface area is 235 Å². The minimum absolute atomic E-state index is 0.0115. The Bertz CT molecular complexity index is 1070. The molecule has 0 spiro atoms. The first-order valence-electron chi connectivity index (χ1n) is 15.6. The number of hydrogen-bond donors (Lipinski definition) is 2. The second-order valence-electron chi connectivity index (χ2n) is 14.5. The molecule has 1 aromatic carbocycles. The number of aliphatic hydroxyl groups excluding tert-OH is 1. The van der Waals surface area contributed by atoms with Gasteiger partial charge in [0.05, 0.1) is 17.8 Å². The normalized spacial score (nSPS) is 40.3. The Kier molecular flexibility index (Phi) is 7.96. The Morgan fingerprint density at radius 3 is 2.41 bits per heavy atom. The molecule has 5 nitrogen and oxygen atoms in total. The molecular formula is C34H50O5. The first-order chi connectivity index (χ1) is 18.4. The van der Waals surface area contributed by atoms with E-state index < -0.39 is 5.97 Å². The topological polar surface area (TPSA) is 83.8 Å². The molecule has 4 fully saturated rings. The molecule has 0 radical (unpaired) electrons. The summed E-state index contributed by atoms with van der Waals surface area (Å²) in [6.07, 6.45) is 10.2. The SMILES string of the molecule is CC(C)C(=O)CC[C@@H](C)[C@H]1CC[C@H]2[C@@H]3CC(O)C4CC(Oc5cccc(C(=O)O)c5)CC[C@]4(C)[C@H]3CC[C@]12C. The van der Waals surface area contributed by atoms with Crippen molar-refractivity contribution in [1.82, 2.24) is 0 Å². The molecular weight excluding hydrogens is 488 g/mol. The lowest BCUT2D eigenvalue weighted by atomic mass is 9.43. The van der Waals surface area contributed by atoms with Gasteiger partial charge in [0.2, 0.25) is 0 Å². The lowest BCUT2D eigenvalue weighted by Gasteiger charge is -2.62. The van der Waals surface area contributed by atoms with Crippen LogP contribution in [-0.4, -0.2) is 34.2 Å². The highest BCUT2D eigenvalue weighted by atomic mass is 16.5. The van der Waals surface area contributed by atoms with Crippen LogP contribution in [0.3, 0.4) is 0 Å². The number of carboxylic acid groups (broad SMARTS) is 1. The van der Waals surface area contributed by atoms with E-state index in [0.29, 0.717) is 53.0 Å². The molecule has 0 bridgehead atoms. The molecule has 0 heterocycles. The minimum Gasteiger partial charge on any atom is -0.490 e. The van der Waals surface area contributed by atoms with Crippen LogP contribution in [-0.2, 0) is 4.79 Å². The van der Waals surface area contributed by atoms with Crippen LogP contribution in [0.5, 0.6) is 5.75 Å². The Morgan fingerprint density at radius 2 is 1.69 bits per heavy atom. The molecule has 2 N–H and O–H groups in total. The Hall–Kier alpha value is -1.88. The molecule has 39 heavy (non-hydrogen) atoms. The van der Waals surface area contributed by atoms with Crippen LogP contribution < -0.4 is 4.74 Å². The van der Waals surface area contributed by atoms with Crippen molar-refractivity contribution in [2.24, 2.45) is 52.3 Å². The van der Waals surface area contributed by atoms with Gasteiger partial charge in [0.15, 0.2) is 0 Å². The van der Waals surface area contributed by atoms with Crippen molar-refractivity contribution in [1.29, 1.82) is 0 Å². The molecule has 3 unspecified atom stereocenters. The number of ether oxygens (including phenoxy) is 1. The number of carbonyl (C=O) groups is 2. The summed E-state index contributed by atoms with van der Waals surface area (Å²) in [5.41, 5.74) is 0.689. The monoisotopic (exact) mass is 538 g/mol. The number of Topliss-reactive ketones (excluding diaryl/α,β-unsaturated/α-hetero) is 1. The summed E-state index contributed by atoms with van der Waals surface area (Å²) in [5.74, 6) is 3.58. The van der Waals surface area contributed by atoms with Gasteiger partial charge in [0.25, 0.3) is 0 Å². The number of fused-ring (bicyclic) bond motifs is 5. The first kappa shape index (κ1) is 28.6. The van der Waals surface area contributed by atoms with Crippen molar-refractivity contribution < 1.29 is 24.5 Å². The van der Waals surface area contributed by atoms with Crippen LogP contribution in [0.25, 0.3) is 0 Å². The molecule has 1 aromatic rings. The molecule has 5 heteroatoms. The smallest absolute Gasteiger partial charge is 0.335 e. The number of aliphatic hydroxyl groups is 1. The second kappa shape index (κ2) is 10.8. The summed E-state index contributed by atoms with van der Waals surface area (Å²) < 4.78 is 6.31. The molecule has 5 rings (SSSR count). The molecule has 0 aromatic heterocycles. The summed E-state index contributed by atoms with van der Waals surface area (Å²) in [6, 6.07) is 6.78. The fourth-order valence-corrected chi connectivity index (χ4v) is 10.1. The fourth-order valence-electron chi connectivity index (χ4n) is 10.1. The van der Waals surface area contributed by atoms with Crippen LogP contribution in [0, 0.1) is 52.3 Å². The maximum Gasteiger partial charge on any atom is 0.335 e. The standard InChI is InChI=1S/C34H50O5/c1-20(2)30(35)12-9-21(3)26-10-11-27-25-19-31(36)29-18-24(39-23-8-6-7-22(17-23)32(37)38)13-15-34(29,5)28(25)14-16-33(26,27)4/h6-8,17,20-21,24-29,31,36H,9-16,18-19H2,1-5H3,(H,37,38)/t21-,24?,25+,26-,27+,28+,29?,31?,33-,34-/m1/s1. The van der Waals surface area contributed by atoms with E-state index in [0.717, 1.165) is 32.1 Å². The summed E-state index contributed by atoms with van der Waals surface area (Å²) in [6.45, 7) is 11.4. The average molecular weight is 539 g/mol. The highest BCUT2D eigenvalue weighted by Gasteiger charge is 2.62. The van der Waals surface area contributed by atoms with E-state index >= 15 is 0 Å². The Morgan fingerprint density at radius 1 is 0.974 bits per heavy atom. The molecule has 0 amide bonds. The van der Waals surface area contributed by atoms with Crippen LogP contribution in [0.4, 0.5) is 0 Å². The van der Waals surface area contributed by atoms with E-state index in [1.54, 1.807) is 18.2 Å². The van der Waals surface area contributed by atoms with Crippen molar-refractivity contribution in [3.63, 3.8) is 0 Å². The average Bonchev–Trinajstić information content (AvgIpc) is 3.25. The lowest BCUT2D eigenvalue weighted by molar-refractivity contribution is -0.170. The van der Waals surface area contributed by atoms with Gasteiger partial charge < -0.3 is 14.9 Å². The largest absolute Gasteiger partial charge is 0.490 e. The van der Waals surface area contributed by atoms with Gasteiger partial charge in [-0.3, -0.25) is 4.79 Å². The van der Waals surface area contributed by atoms with Crippen LogP contribution in [0.1, 0.15) is 109 Å². The third-order valence-electron chi connectivity index (χ3n) is 12.3. The van der Waals surface area contributed by atoms with Gasteiger partial charge in [0, 0.05) is 12.3 Å². The van der Waals surface area contributed by atoms with Crippen molar-refractivity contribution in [2.45, 2.75) is 111 Å². The zero-order valence-electron chi connectivity index (χ0n) is 24.7. The first-order valence-corrected chi connectivity index (χ1v) is 15.6. The van der Waals surface area contributed by atoms with E-state index in [9.17, 15) is 19.8 Å². The van der Waals surface area contributed by atoms with Gasteiger partial charge in [-0.1, -0.05) is 40.7 Å². The number of carboxylic acids is 1. The number of ketones is 1. The van der Waals surface area contributed by atoms with E-state index in [1.807, 2.05) is 19.9 Å². The number of rotatable bonds is 8. The molecule has 0 aliphatic heterocycles. The second-order valence-corrected chi connectivity index (χ2v) is 14.5. The fraction of sp³-hybridized carbons (Fsp3) is 0.765. The quantitative estimate of drug-likeness (QED) is 0.360. The minimum atomic E-state index is -0.942. The number of benzene rings is 1. The summed E-state index contributed by atoms with van der Waals surface area (Å²) in [4.78, 5) is 23.7. The predicted molar refractivity (Wildman–Crippen MR) is 153 cm³/mol. The summed E-state index contributed by atoms with van der Waals surface area (Å²) in [5, 5.41) is 21.0. The third-order valence-corrected chi connectivity index (χ3v) is 12.3. The number of carbonyl (C=O) groups excluding carboxylic acids is 1. The highest BCUT2D eigenvalue weighted by Crippen LogP contribution is 2.68. The zero-order valence-corrected chi connectivity index (χ0v) is 24.7. The zero-order chi connectivity index (χ0) is 28.1. The number of hydrogen-bond acceptors (Lipinski definition) is 4. The van der Waals surface area contributed by atoms with Crippen molar-refractivity contribution in [3.05, 3.63) is 29.8 Å². The van der Waals surface area contributed by atoms with Crippen LogP contribution in [0.15, 0.2) is 24.3 Å². The maximum atomic E-state index is 12.3. The lowest BCUT2D eigenvalue weighted by Crippen LogP contribution is -2.58. The molecule has 10 atom stereocenters. The van der Waals surface area contributed by atoms with Gasteiger partial charge in [0.1, 0.15) is 11.5 Å². The predicted octanol–water partition coefficient (Wildman–Crippen LogP) is 7.40. The van der Waals surface area contributed by atoms with Crippen LogP contribution >= 0.6 is 0 Å². The number of aromatic carboxylic acids is 1. The van der Waals surface area contributed by atoms with Crippen molar-refractivity contribution >= 4 is 11.8 Å². The van der Waals surface area contributed by atoms with Gasteiger partial charge in [-0.25, -0.2) is 4.79 Å². The summed E-state index contributed by atoms with van der Waals surface area (Å²) in [7, 11) is 0. The molecule has 4 saturated carbocycles. The highest BCUT2D eigenvalue weighted by molar-refractivity contribution is 5.88. The van der Waals surface area contributed by atoms with Gasteiger partial charge >= 0.3 is 5.97 Å². The molecule has 4 aliphatic rings. The van der Waals surface area contributed by atoms with Crippen LogP contribution in [0.2, 0.25) is 0 Å². The molecule has 216 valence electrons. The van der Waals surface area contributed by atoms with E-state index in [2.05, 4.69) is 20.8 Å². The van der Waals surface area contributed by atoms with Gasteiger partial charge in [-0.2, -0.15) is 0 Å². The van der Waals surface area contributed by atoms with Gasteiger partial charge in [-0.05, 0) is 122 Å². The summed E-state index contributed by atoms with van der Waals surface area (Å²) >= 11 is 0. The molecule has 4 aliphatic carbocycles.